The number of carbonyl (C=O) groups excluding carboxylic acids is 3. The van der Waals surface area contributed by atoms with E-state index >= 15 is 0 Å². The topological polar surface area (TPSA) is 68.6 Å². The van der Waals surface area contributed by atoms with Gasteiger partial charge in [0, 0.05) is 37.0 Å². The largest absolute Gasteiger partial charge is 0.457 e. The van der Waals surface area contributed by atoms with Crippen molar-refractivity contribution >= 4 is 17.7 Å². The molecule has 0 aliphatic carbocycles. The number of ketones is 1. The molecule has 28 heavy (non-hydrogen) atoms. The molecule has 2 atom stereocenters. The van der Waals surface area contributed by atoms with Crippen molar-refractivity contribution in [3.63, 3.8) is 0 Å². The van der Waals surface area contributed by atoms with Gasteiger partial charge < -0.3 is 14.2 Å². The van der Waals surface area contributed by atoms with Crippen molar-refractivity contribution in [1.82, 2.24) is 9.47 Å². The molecule has 1 aromatic carbocycles. The summed E-state index contributed by atoms with van der Waals surface area (Å²) in [5.41, 5.74) is 3.40. The van der Waals surface area contributed by atoms with Gasteiger partial charge in [0.15, 0.2) is 6.61 Å². The van der Waals surface area contributed by atoms with Crippen molar-refractivity contribution in [2.24, 2.45) is 13.0 Å². The number of nitrogens with zero attached hydrogens (tertiary/aromatic N) is 2. The zero-order valence-corrected chi connectivity index (χ0v) is 16.8. The molecule has 1 saturated heterocycles. The summed E-state index contributed by atoms with van der Waals surface area (Å²) < 4.78 is 7.18. The predicted molar refractivity (Wildman–Crippen MR) is 105 cm³/mol. The highest BCUT2D eigenvalue weighted by Crippen LogP contribution is 2.29. The Morgan fingerprint density at radius 1 is 1.21 bits per heavy atom. The lowest BCUT2D eigenvalue weighted by atomic mass is 10.1. The van der Waals surface area contributed by atoms with Crippen molar-refractivity contribution in [3.8, 4) is 0 Å². The molecule has 0 unspecified atom stereocenters. The zero-order valence-electron chi connectivity index (χ0n) is 16.8. The second-order valence-electron chi connectivity index (χ2n) is 7.41. The molecule has 1 aliphatic rings. The van der Waals surface area contributed by atoms with E-state index in [9.17, 15) is 14.4 Å². The molecule has 6 heteroatoms. The second-order valence-corrected chi connectivity index (χ2v) is 7.41. The third-order valence-electron chi connectivity index (χ3n) is 5.66. The highest BCUT2D eigenvalue weighted by molar-refractivity contribution is 5.99. The quantitative estimate of drug-likeness (QED) is 0.569. The first-order chi connectivity index (χ1) is 13.3. The number of ether oxygens (including phenoxy) is 1. The summed E-state index contributed by atoms with van der Waals surface area (Å²) in [6.07, 6.45) is 0.119. The number of hydrogen-bond acceptors (Lipinski definition) is 4. The van der Waals surface area contributed by atoms with Gasteiger partial charge in [0.05, 0.1) is 12.0 Å². The summed E-state index contributed by atoms with van der Waals surface area (Å²) >= 11 is 0. The number of aromatic nitrogens is 1. The number of hydrogen-bond donors (Lipinski definition) is 0. The van der Waals surface area contributed by atoms with E-state index in [1.54, 1.807) is 11.0 Å². The van der Waals surface area contributed by atoms with Crippen LogP contribution in [0, 0.1) is 19.8 Å². The smallest absolute Gasteiger partial charge is 0.311 e. The summed E-state index contributed by atoms with van der Waals surface area (Å²) in [5, 5.41) is 0. The maximum absolute atomic E-state index is 12.4. The Labute approximate surface area is 165 Å². The molecule has 1 fully saturated rings. The number of aryl methyl sites for hydroxylation is 1. The molecule has 0 saturated carbocycles. The van der Waals surface area contributed by atoms with Crippen LogP contribution in [0.1, 0.15) is 46.7 Å². The van der Waals surface area contributed by atoms with Gasteiger partial charge in [-0.2, -0.15) is 0 Å². The highest BCUT2D eigenvalue weighted by Gasteiger charge is 2.38. The number of amides is 1. The number of Topliss-reactive ketones (excluding diaryl/α,β-unsaturated/α-hetero) is 1. The Morgan fingerprint density at radius 3 is 2.50 bits per heavy atom. The van der Waals surface area contributed by atoms with Gasteiger partial charge in [-0.05, 0) is 32.4 Å². The van der Waals surface area contributed by atoms with Gasteiger partial charge in [-0.1, -0.05) is 30.3 Å². The Kier molecular flexibility index (Phi) is 5.68. The van der Waals surface area contributed by atoms with Crippen LogP contribution in [0.15, 0.2) is 36.4 Å². The molecule has 1 amide bonds. The summed E-state index contributed by atoms with van der Waals surface area (Å²) in [4.78, 5) is 38.9. The fourth-order valence-electron chi connectivity index (χ4n) is 3.65. The molecule has 2 heterocycles. The summed E-state index contributed by atoms with van der Waals surface area (Å²) in [6.45, 7) is 5.74. The van der Waals surface area contributed by atoms with Crippen molar-refractivity contribution < 1.29 is 19.1 Å². The van der Waals surface area contributed by atoms with Crippen LogP contribution in [0.4, 0.5) is 0 Å². The van der Waals surface area contributed by atoms with Crippen LogP contribution < -0.4 is 0 Å². The van der Waals surface area contributed by atoms with Gasteiger partial charge in [-0.15, -0.1) is 0 Å². The molecular weight excluding hydrogens is 356 g/mol. The van der Waals surface area contributed by atoms with E-state index in [2.05, 4.69) is 0 Å². The first-order valence-corrected chi connectivity index (χ1v) is 9.46. The molecule has 0 spiro atoms. The average Bonchev–Trinajstić information content (AvgIpc) is 3.21. The summed E-state index contributed by atoms with van der Waals surface area (Å²) in [7, 11) is 1.89. The molecule has 1 aliphatic heterocycles. The van der Waals surface area contributed by atoms with Crippen LogP contribution in [0.2, 0.25) is 0 Å². The predicted octanol–water partition coefficient (Wildman–Crippen LogP) is 2.98. The highest BCUT2D eigenvalue weighted by atomic mass is 16.5. The number of rotatable bonds is 6. The van der Waals surface area contributed by atoms with E-state index in [4.69, 9.17) is 4.74 Å². The van der Waals surface area contributed by atoms with Crippen molar-refractivity contribution in [2.75, 3.05) is 13.2 Å². The first-order valence-electron chi connectivity index (χ1n) is 9.46. The van der Waals surface area contributed by atoms with E-state index in [-0.39, 0.29) is 30.8 Å². The lowest BCUT2D eigenvalue weighted by Crippen LogP contribution is -2.30. The second kappa shape index (κ2) is 8.00. The van der Waals surface area contributed by atoms with Crippen LogP contribution >= 0.6 is 0 Å². The van der Waals surface area contributed by atoms with Gasteiger partial charge in [0.25, 0.3) is 0 Å². The van der Waals surface area contributed by atoms with E-state index in [0.717, 1.165) is 17.0 Å². The Hall–Kier alpha value is -2.89. The minimum atomic E-state index is -0.537. The molecule has 0 radical (unpaired) electrons. The number of carbonyl (C=O) groups is 3. The normalized spacial score (nSPS) is 17.6. The first kappa shape index (κ1) is 19.9. The third kappa shape index (κ3) is 3.86. The lowest BCUT2D eigenvalue weighted by molar-refractivity contribution is -0.147. The van der Waals surface area contributed by atoms with E-state index in [1.165, 1.54) is 0 Å². The van der Waals surface area contributed by atoms with Gasteiger partial charge in [0.2, 0.25) is 11.7 Å². The van der Waals surface area contributed by atoms with Gasteiger partial charge in [-0.25, -0.2) is 0 Å². The fourth-order valence-corrected chi connectivity index (χ4v) is 3.65. The maximum atomic E-state index is 12.4. The van der Waals surface area contributed by atoms with Gasteiger partial charge in [0.1, 0.15) is 0 Å². The van der Waals surface area contributed by atoms with Crippen LogP contribution in [0.3, 0.4) is 0 Å². The van der Waals surface area contributed by atoms with Crippen molar-refractivity contribution in [2.45, 2.75) is 33.2 Å². The molecule has 1 aromatic heterocycles. The minimum absolute atomic E-state index is 0.0702. The van der Waals surface area contributed by atoms with Crippen LogP contribution in [-0.2, 0) is 21.4 Å². The molecule has 6 nitrogen and oxygen atoms in total. The number of esters is 1. The fraction of sp³-hybridized carbons (Fsp3) is 0.409. The molecule has 0 bridgehead atoms. The summed E-state index contributed by atoms with van der Waals surface area (Å²) in [5.74, 6) is -1.33. The SMILES string of the molecule is Cc1cc(C(=O)COC(=O)[C@H]2CC(=O)N([C@@H](C)c3ccccc3)C2)c(C)n1C. The van der Waals surface area contributed by atoms with E-state index in [1.807, 2.05) is 62.7 Å². The lowest BCUT2D eigenvalue weighted by Gasteiger charge is -2.25. The minimum Gasteiger partial charge on any atom is -0.457 e. The molecule has 148 valence electrons. The zero-order chi connectivity index (χ0) is 20.4. The van der Waals surface area contributed by atoms with Crippen LogP contribution in [0.5, 0.6) is 0 Å². The molecule has 0 N–H and O–H groups in total. The van der Waals surface area contributed by atoms with Gasteiger partial charge in [-0.3, -0.25) is 14.4 Å². The van der Waals surface area contributed by atoms with Crippen molar-refractivity contribution in [1.29, 1.82) is 0 Å². The van der Waals surface area contributed by atoms with Crippen LogP contribution in [-0.4, -0.2) is 40.3 Å². The molecule has 2 aromatic rings. The number of likely N-dealkylation sites (tertiary alicyclic amines) is 1. The Bertz CT molecular complexity index is 901. The monoisotopic (exact) mass is 382 g/mol. The molecular formula is C22H26N2O4. The maximum Gasteiger partial charge on any atom is 0.311 e. The van der Waals surface area contributed by atoms with Crippen LogP contribution in [0.25, 0.3) is 0 Å². The van der Waals surface area contributed by atoms with E-state index < -0.39 is 11.9 Å². The van der Waals surface area contributed by atoms with E-state index in [0.29, 0.717) is 12.1 Å². The van der Waals surface area contributed by atoms with Gasteiger partial charge >= 0.3 is 5.97 Å². The third-order valence-corrected chi connectivity index (χ3v) is 5.66. The average molecular weight is 382 g/mol. The number of benzene rings is 1. The van der Waals surface area contributed by atoms with Crippen molar-refractivity contribution in [3.05, 3.63) is 58.9 Å². The Balaban J connectivity index is 1.59. The summed E-state index contributed by atoms with van der Waals surface area (Å²) in [6, 6.07) is 11.4. The molecule has 3 rings (SSSR count). The standard InChI is InChI=1S/C22H26N2O4/c1-14-10-19(16(3)23(14)4)20(25)13-28-22(27)18-11-21(26)24(12-18)15(2)17-8-6-5-7-9-17/h5-10,15,18H,11-13H2,1-4H3/t15-,18-/m0/s1. The Morgan fingerprint density at radius 2 is 1.89 bits per heavy atom.